The lowest BCUT2D eigenvalue weighted by molar-refractivity contribution is -0.00372. The van der Waals surface area contributed by atoms with Gasteiger partial charge in [0.1, 0.15) is 0 Å². The van der Waals surface area contributed by atoms with E-state index in [2.05, 4.69) is 37.9 Å². The molecule has 184 valence electrons. The van der Waals surface area contributed by atoms with Crippen LogP contribution in [0.25, 0.3) is 0 Å². The van der Waals surface area contributed by atoms with E-state index in [-0.39, 0.29) is 6.09 Å². The molecule has 3 atom stereocenters. The van der Waals surface area contributed by atoms with Crippen LogP contribution in [0, 0.1) is 35.0 Å². The average molecular weight is 454 g/mol. The predicted octanol–water partition coefficient (Wildman–Crippen LogP) is 3.65. The van der Waals surface area contributed by atoms with Gasteiger partial charge in [0, 0.05) is 26.0 Å². The second-order valence-corrected chi connectivity index (χ2v) is 9.71. The molecule has 1 amide bonds. The summed E-state index contributed by atoms with van der Waals surface area (Å²) in [7, 11) is 0. The summed E-state index contributed by atoms with van der Waals surface area (Å²) in [6.07, 6.45) is 4.92. The predicted molar refractivity (Wildman–Crippen MR) is 123 cm³/mol. The summed E-state index contributed by atoms with van der Waals surface area (Å²) in [5.74, 6) is 8.30. The van der Waals surface area contributed by atoms with Gasteiger partial charge in [-0.3, -0.25) is 0 Å². The number of amides is 1. The number of hydrogen-bond acceptors (Lipinski definition) is 6. The van der Waals surface area contributed by atoms with E-state index in [1.807, 2.05) is 0 Å². The number of carbonyl (C=O) groups is 1. The molecule has 2 aliphatic rings. The Morgan fingerprint density at radius 1 is 0.812 bits per heavy atom. The molecule has 1 N–H and O–H groups in total. The second kappa shape index (κ2) is 15.5. The van der Waals surface area contributed by atoms with Gasteiger partial charge in [0.15, 0.2) is 0 Å². The van der Waals surface area contributed by atoms with Crippen LogP contribution in [0.2, 0.25) is 0 Å². The van der Waals surface area contributed by atoms with Crippen molar-refractivity contribution in [3.63, 3.8) is 0 Å². The number of ether oxygens (including phenoxy) is 5. The minimum Gasteiger partial charge on any atom is -0.449 e. The first-order valence-corrected chi connectivity index (χ1v) is 12.1. The second-order valence-electron chi connectivity index (χ2n) is 9.71. The monoisotopic (exact) mass is 453 g/mol. The largest absolute Gasteiger partial charge is 0.449 e. The fourth-order valence-corrected chi connectivity index (χ4v) is 3.87. The number of nitrogens with one attached hydrogen (secondary N) is 1. The lowest BCUT2D eigenvalue weighted by Crippen LogP contribution is -2.29. The van der Waals surface area contributed by atoms with E-state index in [4.69, 9.17) is 23.7 Å². The maximum atomic E-state index is 11.8. The molecule has 7 nitrogen and oxygen atoms in total. The number of hydrogen-bond donors (Lipinski definition) is 1. The van der Waals surface area contributed by atoms with E-state index in [1.54, 1.807) is 0 Å². The van der Waals surface area contributed by atoms with Gasteiger partial charge in [-0.25, -0.2) is 4.79 Å². The Morgan fingerprint density at radius 3 is 1.84 bits per heavy atom. The highest BCUT2D eigenvalue weighted by Gasteiger charge is 2.49. The van der Waals surface area contributed by atoms with E-state index in [0.29, 0.717) is 82.6 Å². The molecular formula is C25H43NO6. The highest BCUT2D eigenvalue weighted by Crippen LogP contribution is 2.52. The fraction of sp³-hybridized carbons (Fsp3) is 0.880. The van der Waals surface area contributed by atoms with Crippen molar-refractivity contribution in [3.05, 3.63) is 0 Å². The third-order valence-electron chi connectivity index (χ3n) is 5.87. The molecule has 1 fully saturated rings. The quantitative estimate of drug-likeness (QED) is 0.284. The Bertz CT molecular complexity index is 561. The topological polar surface area (TPSA) is 75.3 Å². The number of fused-ring (bicyclic) bond motifs is 1. The SMILES string of the molecule is CC(C)(C)CCOCCOCCOCCOCCNC(=O)OC[C@@H]1[C@@H]2CCC#CCC[C@@H]21. The minimum atomic E-state index is -0.361. The van der Waals surface area contributed by atoms with E-state index >= 15 is 0 Å². The molecule has 0 unspecified atom stereocenters. The molecule has 0 aromatic heterocycles. The van der Waals surface area contributed by atoms with Crippen molar-refractivity contribution in [1.29, 1.82) is 0 Å². The Labute approximate surface area is 194 Å². The summed E-state index contributed by atoms with van der Waals surface area (Å²) in [5.41, 5.74) is 0.306. The van der Waals surface area contributed by atoms with Crippen LogP contribution in [-0.2, 0) is 23.7 Å². The van der Waals surface area contributed by atoms with Crippen molar-refractivity contribution >= 4 is 6.09 Å². The van der Waals surface area contributed by atoms with Crippen LogP contribution in [0.3, 0.4) is 0 Å². The standard InChI is InChI=1S/C25H43NO6/c1-25(2,3)10-12-28-14-16-30-18-19-31-17-15-29-13-11-26-24(27)32-20-23-21-8-6-4-5-7-9-22(21)23/h21-23H,6-20H2,1-3H3,(H,26,27)/t21-,22+,23-. The van der Waals surface area contributed by atoms with E-state index in [1.165, 1.54) is 0 Å². The van der Waals surface area contributed by atoms with Gasteiger partial charge in [0.25, 0.3) is 0 Å². The zero-order chi connectivity index (χ0) is 23.1. The molecule has 0 aromatic carbocycles. The molecular weight excluding hydrogens is 410 g/mol. The molecule has 0 radical (unpaired) electrons. The molecule has 0 heterocycles. The number of alkyl carbamates (subject to hydrolysis) is 1. The van der Waals surface area contributed by atoms with Crippen LogP contribution in [0.5, 0.6) is 0 Å². The van der Waals surface area contributed by atoms with Crippen molar-refractivity contribution in [1.82, 2.24) is 5.32 Å². The van der Waals surface area contributed by atoms with Crippen molar-refractivity contribution < 1.29 is 28.5 Å². The molecule has 32 heavy (non-hydrogen) atoms. The van der Waals surface area contributed by atoms with Crippen LogP contribution in [0.1, 0.15) is 52.9 Å². The van der Waals surface area contributed by atoms with Crippen molar-refractivity contribution in [3.8, 4) is 11.8 Å². The molecule has 0 saturated heterocycles. The lowest BCUT2D eigenvalue weighted by atomic mass is 9.93. The van der Waals surface area contributed by atoms with Crippen LogP contribution in [-0.4, -0.2) is 72.1 Å². The maximum absolute atomic E-state index is 11.8. The average Bonchev–Trinajstić information content (AvgIpc) is 3.37. The smallest absolute Gasteiger partial charge is 0.407 e. The maximum Gasteiger partial charge on any atom is 0.407 e. The molecule has 2 rings (SSSR count). The number of carbonyl (C=O) groups excluding carboxylic acids is 1. The third kappa shape index (κ3) is 12.6. The summed E-state index contributed by atoms with van der Waals surface area (Å²) >= 11 is 0. The van der Waals surface area contributed by atoms with Gasteiger partial charge in [0.05, 0.1) is 52.9 Å². The van der Waals surface area contributed by atoms with Gasteiger partial charge in [-0.15, -0.1) is 11.8 Å². The third-order valence-corrected chi connectivity index (χ3v) is 5.87. The number of rotatable bonds is 16. The molecule has 1 saturated carbocycles. The minimum absolute atomic E-state index is 0.306. The van der Waals surface area contributed by atoms with Crippen molar-refractivity contribution in [2.75, 3.05) is 66.0 Å². The molecule has 2 aliphatic carbocycles. The Kier molecular flexibility index (Phi) is 13.0. The van der Waals surface area contributed by atoms with Crippen molar-refractivity contribution in [2.45, 2.75) is 52.9 Å². The zero-order valence-electron chi connectivity index (χ0n) is 20.3. The Morgan fingerprint density at radius 2 is 1.31 bits per heavy atom. The first-order valence-electron chi connectivity index (χ1n) is 12.1. The molecule has 0 aliphatic heterocycles. The summed E-state index contributed by atoms with van der Waals surface area (Å²) in [6, 6.07) is 0. The van der Waals surface area contributed by atoms with Gasteiger partial charge in [-0.05, 0) is 42.4 Å². The van der Waals surface area contributed by atoms with Crippen molar-refractivity contribution in [2.24, 2.45) is 23.2 Å². The summed E-state index contributed by atoms with van der Waals surface area (Å²) in [5, 5.41) is 2.74. The van der Waals surface area contributed by atoms with Gasteiger partial charge >= 0.3 is 6.09 Å². The molecule has 0 aromatic rings. The summed E-state index contributed by atoms with van der Waals surface area (Å²) < 4.78 is 27.3. The zero-order valence-corrected chi connectivity index (χ0v) is 20.3. The van der Waals surface area contributed by atoms with Gasteiger partial charge in [-0.2, -0.15) is 0 Å². The van der Waals surface area contributed by atoms with Crippen LogP contribution in [0.15, 0.2) is 0 Å². The first-order chi connectivity index (χ1) is 15.5. The van der Waals surface area contributed by atoms with Crippen LogP contribution < -0.4 is 5.32 Å². The molecule has 0 spiro atoms. The fourth-order valence-electron chi connectivity index (χ4n) is 3.87. The van der Waals surface area contributed by atoms with E-state index in [9.17, 15) is 4.79 Å². The van der Waals surface area contributed by atoms with Crippen LogP contribution >= 0.6 is 0 Å². The normalized spacial score (nSPS) is 22.2. The lowest BCUT2D eigenvalue weighted by Gasteiger charge is -2.17. The van der Waals surface area contributed by atoms with Gasteiger partial charge in [0.2, 0.25) is 0 Å². The van der Waals surface area contributed by atoms with Gasteiger partial charge in [-0.1, -0.05) is 20.8 Å². The molecule has 7 heteroatoms. The van der Waals surface area contributed by atoms with E-state index < -0.39 is 0 Å². The van der Waals surface area contributed by atoms with E-state index in [0.717, 1.165) is 38.7 Å². The summed E-state index contributed by atoms with van der Waals surface area (Å²) in [6.45, 7) is 12.0. The highest BCUT2D eigenvalue weighted by molar-refractivity contribution is 5.67. The highest BCUT2D eigenvalue weighted by atomic mass is 16.6. The first kappa shape index (κ1) is 26.9. The Hall–Kier alpha value is -1.33. The summed E-state index contributed by atoms with van der Waals surface area (Å²) in [4.78, 5) is 11.8. The van der Waals surface area contributed by atoms with Crippen LogP contribution in [0.4, 0.5) is 4.79 Å². The Balaban J connectivity index is 1.28. The van der Waals surface area contributed by atoms with Gasteiger partial charge < -0.3 is 29.0 Å². The molecule has 0 bridgehead atoms.